The topological polar surface area (TPSA) is 61.9 Å². The van der Waals surface area contributed by atoms with Crippen molar-refractivity contribution in [1.82, 2.24) is 4.90 Å². The van der Waals surface area contributed by atoms with Crippen LogP contribution in [0.4, 0.5) is 16.2 Å². The van der Waals surface area contributed by atoms with Crippen LogP contribution in [-0.4, -0.2) is 43.9 Å². The van der Waals surface area contributed by atoms with Gasteiger partial charge in [-0.05, 0) is 59.8 Å². The summed E-state index contributed by atoms with van der Waals surface area (Å²) >= 11 is 0.956. The molecular weight excluding hydrogens is 362 g/mol. The summed E-state index contributed by atoms with van der Waals surface area (Å²) < 4.78 is 5.11. The summed E-state index contributed by atoms with van der Waals surface area (Å²) in [5.74, 6) is 0.456. The summed E-state index contributed by atoms with van der Waals surface area (Å²) in [6.45, 7) is 0.119. The van der Waals surface area contributed by atoms with Crippen LogP contribution in [0.1, 0.15) is 5.56 Å². The normalized spacial score (nSPS) is 15.4. The van der Waals surface area contributed by atoms with Gasteiger partial charge in [0.2, 0.25) is 0 Å². The molecule has 0 spiro atoms. The molecule has 1 heterocycles. The number of rotatable bonds is 6. The van der Waals surface area contributed by atoms with Crippen LogP contribution in [0, 0.1) is 0 Å². The number of nitrogens with one attached hydrogen (secondary N) is 1. The molecule has 2 aromatic carbocycles. The second-order valence-corrected chi connectivity index (χ2v) is 7.15. The van der Waals surface area contributed by atoms with Gasteiger partial charge in [-0.25, -0.2) is 0 Å². The van der Waals surface area contributed by atoms with E-state index in [0.29, 0.717) is 4.91 Å². The molecule has 1 N–H and O–H groups in total. The van der Waals surface area contributed by atoms with Crippen molar-refractivity contribution in [2.45, 2.75) is 0 Å². The first-order valence-electron chi connectivity index (χ1n) is 8.38. The summed E-state index contributed by atoms with van der Waals surface area (Å²) in [4.78, 5) is 28.4. The predicted octanol–water partition coefficient (Wildman–Crippen LogP) is 3.87. The zero-order valence-electron chi connectivity index (χ0n) is 15.4. The highest BCUT2D eigenvalue weighted by molar-refractivity contribution is 8.18. The van der Waals surface area contributed by atoms with E-state index in [-0.39, 0.29) is 17.8 Å². The largest absolute Gasteiger partial charge is 0.497 e. The molecule has 0 unspecified atom stereocenters. The van der Waals surface area contributed by atoms with E-state index in [0.717, 1.165) is 34.4 Å². The Morgan fingerprint density at radius 2 is 1.74 bits per heavy atom. The SMILES string of the molecule is COc1ccc(NCN2C(=O)S/C(=C\c3ccc(N(C)C)cc3)C2=O)cc1. The maximum Gasteiger partial charge on any atom is 0.295 e. The maximum atomic E-state index is 12.6. The summed E-state index contributed by atoms with van der Waals surface area (Å²) in [6.07, 6.45) is 1.75. The van der Waals surface area contributed by atoms with Crippen molar-refractivity contribution in [3.63, 3.8) is 0 Å². The number of hydrogen-bond acceptors (Lipinski definition) is 6. The first-order chi connectivity index (χ1) is 13.0. The van der Waals surface area contributed by atoms with Crippen molar-refractivity contribution in [2.24, 2.45) is 0 Å². The first kappa shape index (κ1) is 18.8. The van der Waals surface area contributed by atoms with Crippen LogP contribution in [-0.2, 0) is 4.79 Å². The van der Waals surface area contributed by atoms with Crippen molar-refractivity contribution in [2.75, 3.05) is 38.1 Å². The minimum Gasteiger partial charge on any atom is -0.497 e. The van der Waals surface area contributed by atoms with Gasteiger partial charge in [-0.3, -0.25) is 14.5 Å². The van der Waals surface area contributed by atoms with Crippen molar-refractivity contribution in [3.8, 4) is 5.75 Å². The monoisotopic (exact) mass is 383 g/mol. The fourth-order valence-electron chi connectivity index (χ4n) is 2.54. The highest BCUT2D eigenvalue weighted by Gasteiger charge is 2.34. The predicted molar refractivity (Wildman–Crippen MR) is 110 cm³/mol. The van der Waals surface area contributed by atoms with E-state index < -0.39 is 0 Å². The zero-order chi connectivity index (χ0) is 19.4. The fraction of sp³-hybridized carbons (Fsp3) is 0.200. The van der Waals surface area contributed by atoms with Crippen LogP contribution in [0.15, 0.2) is 53.4 Å². The third-order valence-corrected chi connectivity index (χ3v) is 5.02. The van der Waals surface area contributed by atoms with Gasteiger partial charge in [0.25, 0.3) is 11.1 Å². The molecular formula is C20H21N3O3S. The van der Waals surface area contributed by atoms with Gasteiger partial charge >= 0.3 is 0 Å². The second-order valence-electron chi connectivity index (χ2n) is 6.16. The number of hydrogen-bond donors (Lipinski definition) is 1. The Labute approximate surface area is 162 Å². The summed E-state index contributed by atoms with van der Waals surface area (Å²) in [5.41, 5.74) is 2.76. The third-order valence-electron chi connectivity index (χ3n) is 4.11. The molecule has 0 aromatic heterocycles. The standard InChI is InChI=1S/C20H21N3O3S/c1-22(2)16-8-4-14(5-9-16)12-18-19(24)23(20(25)27-18)13-21-15-6-10-17(26-3)11-7-15/h4-12,21H,13H2,1-3H3/b18-12-. The number of methoxy groups -OCH3 is 1. The number of ether oxygens (including phenoxy) is 1. The number of thioether (sulfide) groups is 1. The van der Waals surface area contributed by atoms with Gasteiger partial charge in [0.05, 0.1) is 18.7 Å². The average molecular weight is 383 g/mol. The molecule has 0 bridgehead atoms. The third kappa shape index (κ3) is 4.43. The van der Waals surface area contributed by atoms with E-state index in [2.05, 4.69) is 5.32 Å². The molecule has 0 atom stereocenters. The zero-order valence-corrected chi connectivity index (χ0v) is 16.2. The Balaban J connectivity index is 1.66. The molecule has 2 amide bonds. The number of imide groups is 1. The molecule has 0 aliphatic carbocycles. The van der Waals surface area contributed by atoms with Crippen molar-refractivity contribution in [1.29, 1.82) is 0 Å². The number of carbonyl (C=O) groups excluding carboxylic acids is 2. The molecule has 2 aromatic rings. The highest BCUT2D eigenvalue weighted by Crippen LogP contribution is 2.32. The summed E-state index contributed by atoms with van der Waals surface area (Å²) in [7, 11) is 5.54. The Morgan fingerprint density at radius 3 is 2.33 bits per heavy atom. The lowest BCUT2D eigenvalue weighted by atomic mass is 10.2. The van der Waals surface area contributed by atoms with Gasteiger partial charge in [-0.1, -0.05) is 12.1 Å². The molecule has 1 saturated heterocycles. The van der Waals surface area contributed by atoms with Gasteiger partial charge in [0, 0.05) is 25.5 Å². The van der Waals surface area contributed by atoms with Gasteiger partial charge in [-0.2, -0.15) is 0 Å². The number of nitrogens with zero attached hydrogens (tertiary/aromatic N) is 2. The number of amides is 2. The van der Waals surface area contributed by atoms with E-state index in [1.807, 2.05) is 67.5 Å². The van der Waals surface area contributed by atoms with Gasteiger partial charge < -0.3 is 15.0 Å². The molecule has 1 aliphatic heterocycles. The van der Waals surface area contributed by atoms with E-state index in [4.69, 9.17) is 4.74 Å². The van der Waals surface area contributed by atoms with Crippen molar-refractivity contribution >= 4 is 40.4 Å². The molecule has 3 rings (SSSR count). The van der Waals surface area contributed by atoms with E-state index in [1.165, 1.54) is 4.90 Å². The smallest absolute Gasteiger partial charge is 0.295 e. The number of anilines is 2. The first-order valence-corrected chi connectivity index (χ1v) is 9.20. The van der Waals surface area contributed by atoms with Crippen LogP contribution in [0.5, 0.6) is 5.75 Å². The Hall–Kier alpha value is -2.93. The Bertz CT molecular complexity index is 861. The Kier molecular flexibility index (Phi) is 5.71. The quantitative estimate of drug-likeness (QED) is 0.764. The lowest BCUT2D eigenvalue weighted by molar-refractivity contribution is -0.122. The molecule has 1 aliphatic rings. The fourth-order valence-corrected chi connectivity index (χ4v) is 3.37. The van der Waals surface area contributed by atoms with Crippen molar-refractivity contribution < 1.29 is 14.3 Å². The molecule has 6 nitrogen and oxygen atoms in total. The minimum absolute atomic E-state index is 0.119. The van der Waals surface area contributed by atoms with Crippen LogP contribution in [0.25, 0.3) is 6.08 Å². The second kappa shape index (κ2) is 8.18. The Morgan fingerprint density at radius 1 is 1.07 bits per heavy atom. The van der Waals surface area contributed by atoms with Crippen LogP contribution in [0.2, 0.25) is 0 Å². The number of benzene rings is 2. The molecule has 7 heteroatoms. The van der Waals surface area contributed by atoms with Crippen LogP contribution < -0.4 is 15.0 Å². The van der Waals surface area contributed by atoms with Crippen molar-refractivity contribution in [3.05, 3.63) is 59.0 Å². The van der Waals surface area contributed by atoms with Gasteiger partial charge in [0.1, 0.15) is 5.75 Å². The molecule has 1 fully saturated rings. The van der Waals surface area contributed by atoms with E-state index in [1.54, 1.807) is 13.2 Å². The summed E-state index contributed by atoms with van der Waals surface area (Å²) in [6, 6.07) is 15.1. The minimum atomic E-state index is -0.289. The molecule has 0 radical (unpaired) electrons. The molecule has 27 heavy (non-hydrogen) atoms. The van der Waals surface area contributed by atoms with E-state index in [9.17, 15) is 9.59 Å². The van der Waals surface area contributed by atoms with E-state index >= 15 is 0 Å². The van der Waals surface area contributed by atoms with Crippen LogP contribution >= 0.6 is 11.8 Å². The highest BCUT2D eigenvalue weighted by atomic mass is 32.2. The molecule has 140 valence electrons. The number of carbonyl (C=O) groups is 2. The van der Waals surface area contributed by atoms with Gasteiger partial charge in [0.15, 0.2) is 0 Å². The van der Waals surface area contributed by atoms with Crippen LogP contribution in [0.3, 0.4) is 0 Å². The van der Waals surface area contributed by atoms with Gasteiger partial charge in [-0.15, -0.1) is 0 Å². The average Bonchev–Trinajstić information content (AvgIpc) is 2.94. The molecule has 0 saturated carbocycles. The maximum absolute atomic E-state index is 12.6. The lowest BCUT2D eigenvalue weighted by Gasteiger charge is -2.14. The lowest BCUT2D eigenvalue weighted by Crippen LogP contribution is -2.33. The summed E-state index contributed by atoms with van der Waals surface area (Å²) in [5, 5.41) is 2.81.